The van der Waals surface area contributed by atoms with Gasteiger partial charge in [-0.15, -0.1) is 0 Å². The predicted octanol–water partition coefficient (Wildman–Crippen LogP) is 1.89. The van der Waals surface area contributed by atoms with Crippen LogP contribution in [0.25, 0.3) is 0 Å². The van der Waals surface area contributed by atoms with E-state index in [4.69, 9.17) is 0 Å². The van der Waals surface area contributed by atoms with E-state index < -0.39 is 5.79 Å². The van der Waals surface area contributed by atoms with Gasteiger partial charge in [-0.25, -0.2) is 0 Å². The second-order valence-corrected chi connectivity index (χ2v) is 7.67. The van der Waals surface area contributed by atoms with Crippen molar-refractivity contribution in [3.63, 3.8) is 0 Å². The topological polar surface area (TPSA) is 21.1 Å². The van der Waals surface area contributed by atoms with Gasteiger partial charge in [-0.2, -0.15) is 0 Å². The van der Waals surface area contributed by atoms with Crippen LogP contribution in [0.5, 0.6) is 0 Å². The number of rotatable bonds is 1. The molecular weight excluding hydrogens is 546 g/mol. The van der Waals surface area contributed by atoms with Gasteiger partial charge in [-0.1, -0.05) is 0 Å². The Bertz CT molecular complexity index is 430. The molecule has 1 aromatic rings. The van der Waals surface area contributed by atoms with Gasteiger partial charge >= 0.3 is 129 Å². The third-order valence-corrected chi connectivity index (χ3v) is 6.62. The van der Waals surface area contributed by atoms with Crippen molar-refractivity contribution in [3.05, 3.63) is 11.3 Å². The van der Waals surface area contributed by atoms with E-state index in [9.17, 15) is 4.39 Å². The van der Waals surface area contributed by atoms with E-state index in [1.165, 1.54) is 0 Å². The van der Waals surface area contributed by atoms with E-state index in [-0.39, 0.29) is 10.1 Å². The van der Waals surface area contributed by atoms with Crippen LogP contribution in [0.1, 0.15) is 36.1 Å². The molecule has 0 fully saturated rings. The molecule has 0 radical (unpaired) electrons. The van der Waals surface area contributed by atoms with Crippen LogP contribution in [0.3, 0.4) is 0 Å². The Hall–Kier alpha value is 0.882. The van der Waals surface area contributed by atoms with Gasteiger partial charge in [0.05, 0.1) is 0 Å². The summed E-state index contributed by atoms with van der Waals surface area (Å²) >= 11 is 2.88. The fraction of sp³-hybridized carbons (Fsp3) is 0.700. The molecule has 2 atom stereocenters. The number of aryl methyl sites for hydroxylation is 1. The number of halogens is 2. The summed E-state index contributed by atoms with van der Waals surface area (Å²) in [7, 11) is 1.91. The molecule has 1 aliphatic rings. The molecule has 87 valence electrons. The van der Waals surface area contributed by atoms with Crippen molar-refractivity contribution in [3.8, 4) is 0 Å². The SMILES string of the molecule is CC(C)N1C(I)c2nn(C)[c]([U])c2C1(C)F. The van der Waals surface area contributed by atoms with Gasteiger partial charge in [0.25, 0.3) is 0 Å². The summed E-state index contributed by atoms with van der Waals surface area (Å²) in [6, 6.07) is 0.181. The molecule has 2 unspecified atom stereocenters. The minimum atomic E-state index is -1.37. The van der Waals surface area contributed by atoms with E-state index in [1.807, 2.05) is 30.5 Å². The van der Waals surface area contributed by atoms with Crippen molar-refractivity contribution in [2.75, 3.05) is 0 Å². The van der Waals surface area contributed by atoms with Crippen molar-refractivity contribution in [2.45, 2.75) is 36.7 Å². The average molecular weight is 560 g/mol. The molecule has 1 aliphatic heterocycles. The number of fused-ring (bicyclic) bond motifs is 1. The molecule has 6 heteroatoms. The predicted molar refractivity (Wildman–Crippen MR) is 65.0 cm³/mol. The van der Waals surface area contributed by atoms with Crippen molar-refractivity contribution >= 4 is 25.3 Å². The molecule has 0 aliphatic carbocycles. The van der Waals surface area contributed by atoms with Crippen molar-refractivity contribution < 1.29 is 33.8 Å². The normalized spacial score (nSPS) is 30.2. The Balaban J connectivity index is 2.60. The summed E-state index contributed by atoms with van der Waals surface area (Å²) in [5, 5.41) is 4.47. The molecule has 0 amide bonds. The molecule has 0 N–H and O–H groups in total. The second-order valence-electron chi connectivity index (χ2n) is 4.52. The summed E-state index contributed by atoms with van der Waals surface area (Å²) in [5.41, 5.74) is 1.74. The summed E-state index contributed by atoms with van der Waals surface area (Å²) in [4.78, 5) is 1.90. The summed E-state index contributed by atoms with van der Waals surface area (Å²) in [6.45, 7) is 5.73. The van der Waals surface area contributed by atoms with Crippen LogP contribution in [-0.2, 0) is 12.8 Å². The van der Waals surface area contributed by atoms with Crippen LogP contribution < -0.4 is 2.73 Å². The van der Waals surface area contributed by atoms with E-state index in [0.29, 0.717) is 29.4 Å². The molecule has 0 bridgehead atoms. The zero-order valence-corrected chi connectivity index (χ0v) is 16.1. The van der Waals surface area contributed by atoms with Crippen LogP contribution in [0, 0.1) is 29.4 Å². The molecule has 1 aromatic heterocycles. The molecule has 2 heterocycles. The average Bonchev–Trinajstić information content (AvgIpc) is 2.51. The molecular formula is C10H14FIN3U. The third-order valence-electron chi connectivity index (χ3n) is 3.04. The van der Waals surface area contributed by atoms with Gasteiger partial charge in [0.2, 0.25) is 0 Å². The van der Waals surface area contributed by atoms with E-state index in [2.05, 4.69) is 27.7 Å². The number of alkyl halides is 2. The fourth-order valence-corrected chi connectivity index (χ4v) is 5.68. The maximum absolute atomic E-state index is 14.9. The molecule has 3 nitrogen and oxygen atoms in total. The van der Waals surface area contributed by atoms with Crippen molar-refractivity contribution in [1.29, 1.82) is 0 Å². The van der Waals surface area contributed by atoms with Crippen LogP contribution in [0.15, 0.2) is 0 Å². The molecule has 16 heavy (non-hydrogen) atoms. The molecule has 2 rings (SSSR count). The Labute approximate surface area is 127 Å². The number of aromatic nitrogens is 2. The quantitative estimate of drug-likeness (QED) is 0.298. The van der Waals surface area contributed by atoms with Gasteiger partial charge in [0.1, 0.15) is 0 Å². The van der Waals surface area contributed by atoms with Gasteiger partial charge in [-0.05, 0) is 0 Å². The Morgan fingerprint density at radius 1 is 1.56 bits per heavy atom. The molecule has 0 aromatic carbocycles. The molecule has 0 saturated heterocycles. The van der Waals surface area contributed by atoms with Crippen LogP contribution in [0.2, 0.25) is 0 Å². The number of hydrogen-bond donors (Lipinski definition) is 0. The first-order valence-corrected chi connectivity index (χ1v) is 8.51. The van der Waals surface area contributed by atoms with Gasteiger partial charge in [-0.3, -0.25) is 0 Å². The van der Waals surface area contributed by atoms with Gasteiger partial charge in [0.15, 0.2) is 0 Å². The fourth-order valence-electron chi connectivity index (χ4n) is 2.38. The Morgan fingerprint density at radius 3 is 2.56 bits per heavy atom. The standard InChI is InChI=1S/C10H14FIN3.U/c1-6(2)15-9(12)8-7(10(15,3)11)5-14(4)13-8;/h6,9H,1-4H3;. The van der Waals surface area contributed by atoms with Crippen LogP contribution >= 0.6 is 22.6 Å². The van der Waals surface area contributed by atoms with Crippen LogP contribution in [-0.4, -0.2) is 20.7 Å². The Kier molecular flexibility index (Phi) is 3.51. The second kappa shape index (κ2) is 4.22. The molecule has 0 spiro atoms. The minimum absolute atomic E-state index is 0.0431. The first kappa shape index (κ1) is 13.3. The van der Waals surface area contributed by atoms with E-state index in [0.717, 1.165) is 14.0 Å². The monoisotopic (exact) mass is 560 g/mol. The zero-order chi connectivity index (χ0) is 12.2. The number of nitrogens with zero attached hydrogens (tertiary/aromatic N) is 3. The molecule has 0 saturated carbocycles. The van der Waals surface area contributed by atoms with Crippen LogP contribution in [0.4, 0.5) is 4.39 Å². The first-order chi connectivity index (χ1) is 7.28. The number of hydrogen-bond acceptors (Lipinski definition) is 2. The van der Waals surface area contributed by atoms with Gasteiger partial charge in [0, 0.05) is 0 Å². The van der Waals surface area contributed by atoms with Crippen molar-refractivity contribution in [1.82, 2.24) is 14.7 Å². The Morgan fingerprint density at radius 2 is 2.12 bits per heavy atom. The summed E-state index contributed by atoms with van der Waals surface area (Å²) in [6.07, 6.45) is 0. The first-order valence-electron chi connectivity index (χ1n) is 5.19. The van der Waals surface area contributed by atoms with E-state index >= 15 is 0 Å². The summed E-state index contributed by atoms with van der Waals surface area (Å²) in [5.74, 6) is -1.37. The van der Waals surface area contributed by atoms with Gasteiger partial charge < -0.3 is 0 Å². The maximum atomic E-state index is 14.9. The van der Waals surface area contributed by atoms with Crippen molar-refractivity contribution in [2.24, 2.45) is 7.05 Å². The zero-order valence-electron chi connectivity index (χ0n) is 9.75. The third kappa shape index (κ3) is 1.72. The summed E-state index contributed by atoms with van der Waals surface area (Å²) < 4.78 is 17.9. The van der Waals surface area contributed by atoms with E-state index in [1.54, 1.807) is 6.92 Å².